The molecule has 0 aliphatic carbocycles. The Balaban J connectivity index is 0.00000420. The van der Waals surface area contributed by atoms with Gasteiger partial charge in [-0.1, -0.05) is 18.2 Å². The highest BCUT2D eigenvalue weighted by molar-refractivity contribution is 14.0. The summed E-state index contributed by atoms with van der Waals surface area (Å²) in [6.45, 7) is 5.19. The number of guanidine groups is 1. The lowest BCUT2D eigenvalue weighted by atomic mass is 10.1. The summed E-state index contributed by atoms with van der Waals surface area (Å²) >= 11 is 0. The van der Waals surface area contributed by atoms with E-state index in [-0.39, 0.29) is 35.8 Å². The maximum Gasteiger partial charge on any atom is 0.191 e. The van der Waals surface area contributed by atoms with Crippen molar-refractivity contribution in [3.05, 3.63) is 35.9 Å². The highest BCUT2D eigenvalue weighted by Gasteiger charge is 2.11. The predicted molar refractivity (Wildman–Crippen MR) is 133 cm³/mol. The molecule has 0 saturated heterocycles. The number of halogens is 1. The van der Waals surface area contributed by atoms with Crippen molar-refractivity contribution in [1.82, 2.24) is 15.6 Å². The topological polar surface area (TPSA) is 86.7 Å². The van der Waals surface area contributed by atoms with Crippen molar-refractivity contribution in [1.29, 1.82) is 0 Å². The molecule has 7 nitrogen and oxygen atoms in total. The van der Waals surface area contributed by atoms with Crippen LogP contribution in [0.3, 0.4) is 0 Å². The summed E-state index contributed by atoms with van der Waals surface area (Å²) in [6.07, 6.45) is 1.79. The quantitative estimate of drug-likeness (QED) is 0.309. The zero-order valence-corrected chi connectivity index (χ0v) is 20.9. The van der Waals surface area contributed by atoms with Crippen LogP contribution in [0.5, 0.6) is 0 Å². The van der Waals surface area contributed by atoms with Crippen LogP contribution in [0, 0.1) is 0 Å². The molecule has 2 aromatic rings. The Morgan fingerprint density at radius 3 is 2.59 bits per heavy atom. The van der Waals surface area contributed by atoms with Crippen molar-refractivity contribution < 1.29 is 8.42 Å². The summed E-state index contributed by atoms with van der Waals surface area (Å²) in [5.41, 5.74) is 2.04. The Hall–Kier alpha value is -1.62. The molecule has 1 atom stereocenters. The highest BCUT2D eigenvalue weighted by Crippen LogP contribution is 2.22. The van der Waals surface area contributed by atoms with E-state index >= 15 is 0 Å². The van der Waals surface area contributed by atoms with Crippen LogP contribution in [0.1, 0.15) is 25.8 Å². The molecule has 0 saturated carbocycles. The molecule has 9 heteroatoms. The molecule has 1 aromatic carbocycles. The molecule has 0 bridgehead atoms. The lowest BCUT2D eigenvalue weighted by molar-refractivity contribution is 0.581. The molecule has 0 fully saturated rings. The standard InChI is InChI=1S/C20H31N5O2S.HI/c1-6-21-20(23-15(2)11-12-28(5,26)27)22-14-16-13-19(25(3)4)24-18-10-8-7-9-17(16)18;/h7-10,13,15H,6,11-12,14H2,1-5H3,(H2,21,22,23);1H. The van der Waals surface area contributed by atoms with Gasteiger partial charge in [-0.15, -0.1) is 24.0 Å². The fourth-order valence-corrected chi connectivity index (χ4v) is 3.55. The van der Waals surface area contributed by atoms with Gasteiger partial charge in [-0.3, -0.25) is 0 Å². The van der Waals surface area contributed by atoms with Crippen LogP contribution in [0.25, 0.3) is 10.9 Å². The molecular weight excluding hydrogens is 501 g/mol. The number of pyridine rings is 1. The first-order chi connectivity index (χ1) is 13.2. The number of hydrogen-bond acceptors (Lipinski definition) is 5. The summed E-state index contributed by atoms with van der Waals surface area (Å²) in [6, 6.07) is 10.1. The van der Waals surface area contributed by atoms with E-state index in [0.717, 1.165) is 28.8 Å². The number of nitrogens with zero attached hydrogens (tertiary/aromatic N) is 3. The smallest absolute Gasteiger partial charge is 0.191 e. The van der Waals surface area contributed by atoms with Gasteiger partial charge in [0.1, 0.15) is 15.7 Å². The maximum atomic E-state index is 11.4. The number of para-hydroxylation sites is 1. The van der Waals surface area contributed by atoms with Crippen molar-refractivity contribution in [3.8, 4) is 0 Å². The third-order valence-corrected chi connectivity index (χ3v) is 5.28. The zero-order valence-electron chi connectivity index (χ0n) is 17.8. The van der Waals surface area contributed by atoms with Crippen LogP contribution in [0.4, 0.5) is 5.82 Å². The van der Waals surface area contributed by atoms with Crippen molar-refractivity contribution in [2.75, 3.05) is 37.5 Å². The first kappa shape index (κ1) is 25.4. The van der Waals surface area contributed by atoms with Crippen LogP contribution in [-0.4, -0.2) is 58.1 Å². The molecule has 2 N–H and O–H groups in total. The van der Waals surface area contributed by atoms with E-state index in [4.69, 9.17) is 4.99 Å². The minimum absolute atomic E-state index is 0. The lowest BCUT2D eigenvalue weighted by Gasteiger charge is -2.18. The van der Waals surface area contributed by atoms with Gasteiger partial charge in [0.15, 0.2) is 5.96 Å². The Kier molecular flexibility index (Phi) is 10.1. The number of fused-ring (bicyclic) bond motifs is 1. The summed E-state index contributed by atoms with van der Waals surface area (Å²) in [4.78, 5) is 11.4. The Morgan fingerprint density at radius 2 is 1.97 bits per heavy atom. The second-order valence-corrected chi connectivity index (χ2v) is 9.47. The minimum atomic E-state index is -2.97. The molecule has 0 radical (unpaired) electrons. The number of hydrogen-bond donors (Lipinski definition) is 2. The Morgan fingerprint density at radius 1 is 1.28 bits per heavy atom. The average Bonchev–Trinajstić information content (AvgIpc) is 2.63. The van der Waals surface area contributed by atoms with E-state index in [2.05, 4.69) is 27.8 Å². The maximum absolute atomic E-state index is 11.4. The summed E-state index contributed by atoms with van der Waals surface area (Å²) in [5.74, 6) is 1.72. The first-order valence-corrected chi connectivity index (χ1v) is 11.5. The number of anilines is 1. The second-order valence-electron chi connectivity index (χ2n) is 7.21. The first-order valence-electron chi connectivity index (χ1n) is 9.48. The van der Waals surface area contributed by atoms with E-state index in [0.29, 0.717) is 18.9 Å². The molecule has 0 amide bonds. The van der Waals surface area contributed by atoms with Crippen molar-refractivity contribution in [3.63, 3.8) is 0 Å². The molecule has 1 heterocycles. The SMILES string of the molecule is CCNC(=NCc1cc(N(C)C)nc2ccccc12)NC(C)CCS(C)(=O)=O.I. The van der Waals surface area contributed by atoms with Crippen LogP contribution in [0.2, 0.25) is 0 Å². The summed E-state index contributed by atoms with van der Waals surface area (Å²) in [7, 11) is 0.971. The van der Waals surface area contributed by atoms with E-state index in [1.165, 1.54) is 6.26 Å². The normalized spacial score (nSPS) is 12.9. The number of rotatable bonds is 8. The number of sulfone groups is 1. The molecule has 0 aliphatic heterocycles. The third-order valence-electron chi connectivity index (χ3n) is 4.30. The highest BCUT2D eigenvalue weighted by atomic mass is 127. The predicted octanol–water partition coefficient (Wildman–Crippen LogP) is 2.80. The van der Waals surface area contributed by atoms with Crippen LogP contribution >= 0.6 is 24.0 Å². The van der Waals surface area contributed by atoms with Gasteiger partial charge >= 0.3 is 0 Å². The monoisotopic (exact) mass is 533 g/mol. The number of aromatic nitrogens is 1. The molecule has 2 rings (SSSR count). The van der Waals surface area contributed by atoms with Gasteiger partial charge in [-0.2, -0.15) is 0 Å². The minimum Gasteiger partial charge on any atom is -0.363 e. The van der Waals surface area contributed by atoms with E-state index < -0.39 is 9.84 Å². The van der Waals surface area contributed by atoms with Gasteiger partial charge in [-0.05, 0) is 38.0 Å². The zero-order chi connectivity index (χ0) is 20.7. The molecular formula is C20H32IN5O2S. The second kappa shape index (κ2) is 11.5. The molecule has 0 aliphatic rings. The fraction of sp³-hybridized carbons (Fsp3) is 0.500. The summed E-state index contributed by atoms with van der Waals surface area (Å²) in [5, 5.41) is 7.61. The van der Waals surface area contributed by atoms with Gasteiger partial charge in [0, 0.05) is 38.3 Å². The van der Waals surface area contributed by atoms with Gasteiger partial charge in [0.2, 0.25) is 0 Å². The third kappa shape index (κ3) is 8.33. The van der Waals surface area contributed by atoms with Crippen LogP contribution in [0.15, 0.2) is 35.3 Å². The molecule has 1 unspecified atom stereocenters. The molecule has 1 aromatic heterocycles. The number of benzene rings is 1. The fourth-order valence-electron chi connectivity index (χ4n) is 2.77. The van der Waals surface area contributed by atoms with Gasteiger partial charge in [0.05, 0.1) is 17.8 Å². The average molecular weight is 533 g/mol. The van der Waals surface area contributed by atoms with E-state index in [1.807, 2.05) is 51.0 Å². The van der Waals surface area contributed by atoms with Gasteiger partial charge < -0.3 is 15.5 Å². The van der Waals surface area contributed by atoms with Crippen LogP contribution < -0.4 is 15.5 Å². The number of aliphatic imine (C=N–C) groups is 1. The van der Waals surface area contributed by atoms with Gasteiger partial charge in [0.25, 0.3) is 0 Å². The Labute approximate surface area is 191 Å². The Bertz CT molecular complexity index is 932. The number of nitrogens with one attached hydrogen (secondary N) is 2. The lowest BCUT2D eigenvalue weighted by Crippen LogP contribution is -2.42. The largest absolute Gasteiger partial charge is 0.363 e. The van der Waals surface area contributed by atoms with Crippen molar-refractivity contribution in [2.24, 2.45) is 4.99 Å². The van der Waals surface area contributed by atoms with Gasteiger partial charge in [-0.25, -0.2) is 18.4 Å². The van der Waals surface area contributed by atoms with Crippen LogP contribution in [-0.2, 0) is 16.4 Å². The van der Waals surface area contributed by atoms with Crippen molar-refractivity contribution in [2.45, 2.75) is 32.9 Å². The van der Waals surface area contributed by atoms with E-state index in [9.17, 15) is 8.42 Å². The molecule has 162 valence electrons. The molecule has 0 spiro atoms. The van der Waals surface area contributed by atoms with E-state index in [1.54, 1.807) is 0 Å². The summed E-state index contributed by atoms with van der Waals surface area (Å²) < 4.78 is 22.8. The molecule has 29 heavy (non-hydrogen) atoms. The van der Waals surface area contributed by atoms with Crippen molar-refractivity contribution >= 4 is 56.5 Å².